The van der Waals surface area contributed by atoms with Crippen molar-refractivity contribution in [2.24, 2.45) is 0 Å². The van der Waals surface area contributed by atoms with Crippen molar-refractivity contribution in [3.8, 4) is 0 Å². The molecule has 0 saturated heterocycles. The van der Waals surface area contributed by atoms with Crippen LogP contribution in [0.3, 0.4) is 0 Å². The molecule has 1 rings (SSSR count). The van der Waals surface area contributed by atoms with E-state index < -0.39 is 22.0 Å². The highest BCUT2D eigenvalue weighted by molar-refractivity contribution is 7.88. The van der Waals surface area contributed by atoms with Crippen molar-refractivity contribution in [1.29, 1.82) is 0 Å². The van der Waals surface area contributed by atoms with Gasteiger partial charge in [0.25, 0.3) is 0 Å². The van der Waals surface area contributed by atoms with Gasteiger partial charge in [-0.3, -0.25) is 4.79 Å². The van der Waals surface area contributed by atoms with Gasteiger partial charge in [-0.15, -0.1) is 0 Å². The number of benzene rings is 1. The minimum atomic E-state index is -3.60. The van der Waals surface area contributed by atoms with E-state index in [0.29, 0.717) is 5.02 Å². The third-order valence-electron chi connectivity index (χ3n) is 1.76. The summed E-state index contributed by atoms with van der Waals surface area (Å²) >= 11 is 5.69. The first-order valence-corrected chi connectivity index (χ1v) is 6.52. The molecule has 0 bridgehead atoms. The normalized spacial score (nSPS) is 13.4. The zero-order valence-corrected chi connectivity index (χ0v) is 9.92. The SMILES string of the molecule is CS(=O)(=O)NC(C(=O)O)c1cccc(Cl)c1. The number of halogens is 1. The van der Waals surface area contributed by atoms with Crippen LogP contribution in [0.15, 0.2) is 24.3 Å². The number of sulfonamides is 1. The van der Waals surface area contributed by atoms with Gasteiger partial charge < -0.3 is 5.11 Å². The number of carbonyl (C=O) groups is 1. The van der Waals surface area contributed by atoms with Crippen LogP contribution in [0.25, 0.3) is 0 Å². The molecule has 0 aliphatic heterocycles. The summed E-state index contributed by atoms with van der Waals surface area (Å²) in [5.41, 5.74) is 0.283. The van der Waals surface area contributed by atoms with Gasteiger partial charge in [0.15, 0.2) is 0 Å². The van der Waals surface area contributed by atoms with Crippen LogP contribution in [0.1, 0.15) is 11.6 Å². The molecule has 0 aliphatic rings. The summed E-state index contributed by atoms with van der Waals surface area (Å²) in [7, 11) is -3.60. The van der Waals surface area contributed by atoms with Crippen molar-refractivity contribution in [3.63, 3.8) is 0 Å². The summed E-state index contributed by atoms with van der Waals surface area (Å²) in [5.74, 6) is -1.28. The Morgan fingerprint density at radius 2 is 2.12 bits per heavy atom. The Hall–Kier alpha value is -1.11. The molecule has 1 unspecified atom stereocenters. The van der Waals surface area contributed by atoms with Gasteiger partial charge in [0, 0.05) is 5.02 Å². The molecular formula is C9H10ClNO4S. The van der Waals surface area contributed by atoms with E-state index in [1.165, 1.54) is 12.1 Å². The molecule has 2 N–H and O–H groups in total. The molecule has 0 fully saturated rings. The lowest BCUT2D eigenvalue weighted by Gasteiger charge is -2.13. The smallest absolute Gasteiger partial charge is 0.326 e. The van der Waals surface area contributed by atoms with Gasteiger partial charge in [-0.2, -0.15) is 4.72 Å². The lowest BCUT2D eigenvalue weighted by atomic mass is 10.1. The fourth-order valence-corrected chi connectivity index (χ4v) is 2.03. The predicted octanol–water partition coefficient (Wildman–Crippen LogP) is 1.01. The number of aliphatic carboxylic acids is 1. The summed E-state index contributed by atoms with van der Waals surface area (Å²) in [6.45, 7) is 0. The summed E-state index contributed by atoms with van der Waals surface area (Å²) in [6.07, 6.45) is 0.896. The van der Waals surface area contributed by atoms with E-state index in [2.05, 4.69) is 0 Å². The van der Waals surface area contributed by atoms with E-state index in [0.717, 1.165) is 6.26 Å². The molecule has 0 aromatic heterocycles. The molecule has 1 aromatic rings. The highest BCUT2D eigenvalue weighted by Gasteiger charge is 2.23. The molecular weight excluding hydrogens is 254 g/mol. The topological polar surface area (TPSA) is 83.5 Å². The van der Waals surface area contributed by atoms with Crippen LogP contribution in [0.4, 0.5) is 0 Å². The number of hydrogen-bond acceptors (Lipinski definition) is 3. The molecule has 1 atom stereocenters. The lowest BCUT2D eigenvalue weighted by molar-refractivity contribution is -0.139. The maximum absolute atomic E-state index is 11.0. The highest BCUT2D eigenvalue weighted by Crippen LogP contribution is 2.18. The number of carboxylic acid groups (broad SMARTS) is 1. The monoisotopic (exact) mass is 263 g/mol. The first-order chi connectivity index (χ1) is 7.29. The van der Waals surface area contributed by atoms with Gasteiger partial charge in [0.05, 0.1) is 6.26 Å². The molecule has 0 spiro atoms. The molecule has 0 heterocycles. The Bertz CT molecular complexity index is 500. The zero-order chi connectivity index (χ0) is 12.3. The molecule has 0 aliphatic carbocycles. The molecule has 0 saturated carbocycles. The van der Waals surface area contributed by atoms with Crippen LogP contribution < -0.4 is 4.72 Å². The highest BCUT2D eigenvalue weighted by atomic mass is 35.5. The first-order valence-electron chi connectivity index (χ1n) is 4.25. The van der Waals surface area contributed by atoms with Gasteiger partial charge in [-0.25, -0.2) is 8.42 Å². The Labute approximate surface area is 98.1 Å². The molecule has 0 amide bonds. The summed E-state index contributed by atoms with van der Waals surface area (Å²) < 4.78 is 24.0. The maximum atomic E-state index is 11.0. The van der Waals surface area contributed by atoms with Crippen LogP contribution in [-0.2, 0) is 14.8 Å². The average molecular weight is 264 g/mol. The average Bonchev–Trinajstić information content (AvgIpc) is 2.12. The first kappa shape index (κ1) is 13.0. The van der Waals surface area contributed by atoms with Crippen molar-refractivity contribution in [2.75, 3.05) is 6.26 Å². The Balaban J connectivity index is 3.08. The van der Waals surface area contributed by atoms with Crippen molar-refractivity contribution >= 4 is 27.6 Å². The third kappa shape index (κ3) is 3.80. The van der Waals surface area contributed by atoms with Crippen LogP contribution in [0.2, 0.25) is 5.02 Å². The number of carboxylic acids is 1. The molecule has 7 heteroatoms. The second-order valence-corrected chi connectivity index (χ2v) is 5.43. The number of rotatable bonds is 4. The molecule has 16 heavy (non-hydrogen) atoms. The zero-order valence-electron chi connectivity index (χ0n) is 8.34. The lowest BCUT2D eigenvalue weighted by Crippen LogP contribution is -2.32. The maximum Gasteiger partial charge on any atom is 0.326 e. The number of nitrogens with one attached hydrogen (secondary N) is 1. The summed E-state index contributed by atoms with van der Waals surface area (Å²) in [5, 5.41) is 9.26. The fraction of sp³-hybridized carbons (Fsp3) is 0.222. The molecule has 88 valence electrons. The quantitative estimate of drug-likeness (QED) is 0.849. The van der Waals surface area contributed by atoms with Crippen molar-refractivity contribution in [3.05, 3.63) is 34.9 Å². The van der Waals surface area contributed by atoms with Crippen LogP contribution >= 0.6 is 11.6 Å². The van der Waals surface area contributed by atoms with Crippen LogP contribution in [-0.4, -0.2) is 25.7 Å². The van der Waals surface area contributed by atoms with E-state index in [1.807, 2.05) is 4.72 Å². The predicted molar refractivity (Wildman–Crippen MR) is 59.8 cm³/mol. The largest absolute Gasteiger partial charge is 0.480 e. The van der Waals surface area contributed by atoms with Gasteiger partial charge in [0.2, 0.25) is 10.0 Å². The van der Waals surface area contributed by atoms with Gasteiger partial charge in [0.1, 0.15) is 6.04 Å². The van der Waals surface area contributed by atoms with Crippen LogP contribution in [0, 0.1) is 0 Å². The van der Waals surface area contributed by atoms with Crippen molar-refractivity contribution < 1.29 is 18.3 Å². The fourth-order valence-electron chi connectivity index (χ4n) is 1.16. The third-order valence-corrected chi connectivity index (χ3v) is 2.66. The van der Waals surface area contributed by atoms with Crippen molar-refractivity contribution in [2.45, 2.75) is 6.04 Å². The standard InChI is InChI=1S/C9H10ClNO4S/c1-16(14,15)11-8(9(12)13)6-3-2-4-7(10)5-6/h2-5,8,11H,1H3,(H,12,13). The second-order valence-electron chi connectivity index (χ2n) is 3.22. The van der Waals surface area contributed by atoms with E-state index in [-0.39, 0.29) is 5.56 Å². The molecule has 5 nitrogen and oxygen atoms in total. The van der Waals surface area contributed by atoms with E-state index >= 15 is 0 Å². The van der Waals surface area contributed by atoms with Crippen molar-refractivity contribution in [1.82, 2.24) is 4.72 Å². The number of hydrogen-bond donors (Lipinski definition) is 2. The van der Waals surface area contributed by atoms with Gasteiger partial charge >= 0.3 is 5.97 Å². The Morgan fingerprint density at radius 3 is 2.56 bits per heavy atom. The minimum Gasteiger partial charge on any atom is -0.480 e. The summed E-state index contributed by atoms with van der Waals surface area (Å²) in [6, 6.07) is 4.69. The van der Waals surface area contributed by atoms with Gasteiger partial charge in [-0.1, -0.05) is 23.7 Å². The van der Waals surface area contributed by atoms with E-state index in [1.54, 1.807) is 12.1 Å². The van der Waals surface area contributed by atoms with E-state index in [4.69, 9.17) is 16.7 Å². The summed E-state index contributed by atoms with van der Waals surface area (Å²) in [4.78, 5) is 10.9. The second kappa shape index (κ2) is 4.82. The Kier molecular flexibility index (Phi) is 3.90. The molecule has 0 radical (unpaired) electrons. The van der Waals surface area contributed by atoms with Gasteiger partial charge in [-0.05, 0) is 17.7 Å². The van der Waals surface area contributed by atoms with E-state index in [9.17, 15) is 13.2 Å². The molecule has 1 aromatic carbocycles. The van der Waals surface area contributed by atoms with Crippen LogP contribution in [0.5, 0.6) is 0 Å². The minimum absolute atomic E-state index is 0.283. The Morgan fingerprint density at radius 1 is 1.50 bits per heavy atom.